The fraction of sp³-hybridized carbons (Fsp3) is 0.931. The van der Waals surface area contributed by atoms with E-state index in [0.717, 1.165) is 38.5 Å². The zero-order valence-electron chi connectivity index (χ0n) is 22.4. The van der Waals surface area contributed by atoms with Crippen LogP contribution in [0.3, 0.4) is 0 Å². The smallest absolute Gasteiger partial charge is 0.220 e. The molecule has 4 N–H and O–H groups in total. The predicted molar refractivity (Wildman–Crippen MR) is 143 cm³/mol. The molecule has 0 spiro atoms. The summed E-state index contributed by atoms with van der Waals surface area (Å²) in [7, 11) is 0. The molecule has 2 unspecified atom stereocenters. The van der Waals surface area contributed by atoms with Crippen LogP contribution in [0.2, 0.25) is 0 Å². The number of primary amides is 2. The lowest BCUT2D eigenvalue weighted by atomic mass is 9.86. The third kappa shape index (κ3) is 21.2. The minimum absolute atomic E-state index is 0.209. The lowest BCUT2D eigenvalue weighted by molar-refractivity contribution is -0.125. The molecule has 33 heavy (non-hydrogen) atoms. The van der Waals surface area contributed by atoms with Crippen LogP contribution >= 0.6 is 0 Å². The van der Waals surface area contributed by atoms with E-state index in [9.17, 15) is 9.59 Å². The number of carbonyl (C=O) groups excluding carboxylic acids is 2. The molecule has 0 heterocycles. The van der Waals surface area contributed by atoms with Gasteiger partial charge in [0.2, 0.25) is 11.8 Å². The molecule has 0 aliphatic carbocycles. The minimum Gasteiger partial charge on any atom is -0.369 e. The molecule has 0 saturated carbocycles. The third-order valence-corrected chi connectivity index (χ3v) is 7.19. The Bertz CT molecular complexity index is 413. The molecule has 2 atom stereocenters. The van der Waals surface area contributed by atoms with E-state index in [1.165, 1.54) is 103 Å². The van der Waals surface area contributed by atoms with E-state index in [0.29, 0.717) is 6.42 Å². The molecule has 0 rings (SSSR count). The number of hydrogen-bond acceptors (Lipinski definition) is 2. The quantitative estimate of drug-likeness (QED) is 0.126. The highest BCUT2D eigenvalue weighted by Gasteiger charge is 2.24. The Kier molecular flexibility index (Phi) is 23.3. The molecule has 0 aliphatic heterocycles. The first kappa shape index (κ1) is 31.9. The number of rotatable bonds is 26. The number of hydrogen-bond donors (Lipinski definition) is 2. The molecule has 196 valence electrons. The summed E-state index contributed by atoms with van der Waals surface area (Å²) in [6, 6.07) is 0. The SMILES string of the molecule is CCCCCCCCCCCCC(CC(CCCCCCCCCCCC)C(N)=O)C(N)=O. The molecule has 0 radical (unpaired) electrons. The highest BCUT2D eigenvalue weighted by atomic mass is 16.1. The summed E-state index contributed by atoms with van der Waals surface area (Å²) < 4.78 is 0. The van der Waals surface area contributed by atoms with Gasteiger partial charge in [0, 0.05) is 11.8 Å². The van der Waals surface area contributed by atoms with E-state index in [1.54, 1.807) is 0 Å². The summed E-state index contributed by atoms with van der Waals surface area (Å²) in [5.41, 5.74) is 11.3. The second kappa shape index (κ2) is 24.1. The van der Waals surface area contributed by atoms with E-state index < -0.39 is 0 Å². The largest absolute Gasteiger partial charge is 0.369 e. The molecular weight excluding hydrogens is 408 g/mol. The van der Waals surface area contributed by atoms with Crippen LogP contribution in [0.4, 0.5) is 0 Å². The third-order valence-electron chi connectivity index (χ3n) is 7.19. The van der Waals surface area contributed by atoms with E-state index in [4.69, 9.17) is 11.5 Å². The first-order valence-corrected chi connectivity index (χ1v) is 14.6. The Morgan fingerprint density at radius 2 is 0.697 bits per heavy atom. The number of carbonyl (C=O) groups is 2. The normalized spacial score (nSPS) is 13.2. The highest BCUT2D eigenvalue weighted by Crippen LogP contribution is 2.24. The number of nitrogens with two attached hydrogens (primary N) is 2. The lowest BCUT2D eigenvalue weighted by Gasteiger charge is -2.19. The number of unbranched alkanes of at least 4 members (excludes halogenated alkanes) is 18. The Hall–Kier alpha value is -1.06. The van der Waals surface area contributed by atoms with Gasteiger partial charge in [-0.05, 0) is 19.3 Å². The molecule has 0 bridgehead atoms. The standard InChI is InChI=1S/C29H58N2O2/c1-3-5-7-9-11-13-15-17-19-21-23-26(28(30)32)25-27(29(31)33)24-22-20-18-16-14-12-10-8-6-4-2/h26-27H,3-25H2,1-2H3,(H2,30,32)(H2,31,33). The maximum absolute atomic E-state index is 12.0. The van der Waals surface area contributed by atoms with Crippen molar-refractivity contribution >= 4 is 11.8 Å². The second-order valence-electron chi connectivity index (χ2n) is 10.4. The van der Waals surface area contributed by atoms with Gasteiger partial charge in [-0.25, -0.2) is 0 Å². The molecule has 0 fully saturated rings. The molecule has 0 saturated heterocycles. The topological polar surface area (TPSA) is 86.2 Å². The number of amides is 2. The van der Waals surface area contributed by atoms with Gasteiger partial charge in [-0.1, -0.05) is 142 Å². The Morgan fingerprint density at radius 1 is 0.455 bits per heavy atom. The van der Waals surface area contributed by atoms with Crippen molar-refractivity contribution in [2.24, 2.45) is 23.3 Å². The van der Waals surface area contributed by atoms with Crippen LogP contribution in [0.1, 0.15) is 162 Å². The monoisotopic (exact) mass is 466 g/mol. The van der Waals surface area contributed by atoms with Crippen molar-refractivity contribution in [2.45, 2.75) is 162 Å². The van der Waals surface area contributed by atoms with Crippen LogP contribution < -0.4 is 11.5 Å². The maximum Gasteiger partial charge on any atom is 0.220 e. The fourth-order valence-electron chi connectivity index (χ4n) is 4.85. The van der Waals surface area contributed by atoms with E-state index in [2.05, 4.69) is 13.8 Å². The van der Waals surface area contributed by atoms with Gasteiger partial charge in [0.05, 0.1) is 0 Å². The molecule has 0 aromatic rings. The zero-order chi connectivity index (χ0) is 24.6. The van der Waals surface area contributed by atoms with Crippen molar-refractivity contribution in [3.05, 3.63) is 0 Å². The summed E-state index contributed by atoms with van der Waals surface area (Å²) >= 11 is 0. The van der Waals surface area contributed by atoms with Gasteiger partial charge in [0.25, 0.3) is 0 Å². The fourth-order valence-corrected chi connectivity index (χ4v) is 4.85. The second-order valence-corrected chi connectivity index (χ2v) is 10.4. The Labute approximate surface area is 206 Å². The molecule has 0 aliphatic rings. The highest BCUT2D eigenvalue weighted by molar-refractivity contribution is 5.80. The summed E-state index contributed by atoms with van der Waals surface area (Å²) in [5.74, 6) is -0.945. The van der Waals surface area contributed by atoms with Crippen molar-refractivity contribution in [3.63, 3.8) is 0 Å². The summed E-state index contributed by atoms with van der Waals surface area (Å²) in [6.45, 7) is 4.51. The molecule has 0 aromatic carbocycles. The predicted octanol–water partition coefficient (Wildman–Crippen LogP) is 8.20. The Morgan fingerprint density at radius 3 is 0.939 bits per heavy atom. The van der Waals surface area contributed by atoms with Gasteiger partial charge in [0.15, 0.2) is 0 Å². The van der Waals surface area contributed by atoms with Crippen molar-refractivity contribution in [1.82, 2.24) is 0 Å². The van der Waals surface area contributed by atoms with Gasteiger partial charge < -0.3 is 11.5 Å². The van der Waals surface area contributed by atoms with Crippen LogP contribution in [0.15, 0.2) is 0 Å². The van der Waals surface area contributed by atoms with Gasteiger partial charge in [0.1, 0.15) is 0 Å². The van der Waals surface area contributed by atoms with Gasteiger partial charge in [-0.2, -0.15) is 0 Å². The average Bonchev–Trinajstić information content (AvgIpc) is 2.79. The van der Waals surface area contributed by atoms with Crippen LogP contribution in [-0.2, 0) is 9.59 Å². The first-order valence-electron chi connectivity index (χ1n) is 14.6. The lowest BCUT2D eigenvalue weighted by Crippen LogP contribution is -2.31. The molecule has 0 aromatic heterocycles. The van der Waals surface area contributed by atoms with Gasteiger partial charge in [-0.15, -0.1) is 0 Å². The summed E-state index contributed by atoms with van der Waals surface area (Å²) in [5, 5.41) is 0. The van der Waals surface area contributed by atoms with E-state index >= 15 is 0 Å². The van der Waals surface area contributed by atoms with E-state index in [1.807, 2.05) is 0 Å². The molecule has 4 heteroatoms. The maximum atomic E-state index is 12.0. The first-order chi connectivity index (χ1) is 16.0. The zero-order valence-corrected chi connectivity index (χ0v) is 22.4. The van der Waals surface area contributed by atoms with Crippen molar-refractivity contribution in [1.29, 1.82) is 0 Å². The van der Waals surface area contributed by atoms with Gasteiger partial charge >= 0.3 is 0 Å². The van der Waals surface area contributed by atoms with Crippen LogP contribution in [0.25, 0.3) is 0 Å². The van der Waals surface area contributed by atoms with Crippen molar-refractivity contribution < 1.29 is 9.59 Å². The summed E-state index contributed by atoms with van der Waals surface area (Å²) in [6.07, 6.45) is 27.7. The molecular formula is C29H58N2O2. The van der Waals surface area contributed by atoms with Crippen molar-refractivity contribution in [2.75, 3.05) is 0 Å². The van der Waals surface area contributed by atoms with Gasteiger partial charge in [-0.3, -0.25) is 9.59 Å². The average molecular weight is 467 g/mol. The van der Waals surface area contributed by atoms with Crippen molar-refractivity contribution in [3.8, 4) is 0 Å². The van der Waals surface area contributed by atoms with Crippen LogP contribution in [0, 0.1) is 11.8 Å². The molecule has 4 nitrogen and oxygen atoms in total. The van der Waals surface area contributed by atoms with Crippen LogP contribution in [-0.4, -0.2) is 11.8 Å². The molecule has 2 amide bonds. The van der Waals surface area contributed by atoms with Crippen LogP contribution in [0.5, 0.6) is 0 Å². The minimum atomic E-state index is -0.264. The van der Waals surface area contributed by atoms with E-state index in [-0.39, 0.29) is 23.7 Å². The Balaban J connectivity index is 3.93. The summed E-state index contributed by atoms with van der Waals surface area (Å²) in [4.78, 5) is 23.9.